The van der Waals surface area contributed by atoms with Gasteiger partial charge in [0.15, 0.2) is 0 Å². The standard InChI is InChI=1S/C15H15FN2O3/c16-12-9-10(4-5-11(12)15(19)20)13-6-7-18(17-13)14-3-1-2-8-21-14/h4-7,9,14H,1-3,8H2,(H,19,20). The van der Waals surface area contributed by atoms with Crippen molar-refractivity contribution < 1.29 is 19.0 Å². The van der Waals surface area contributed by atoms with Gasteiger partial charge >= 0.3 is 5.97 Å². The lowest BCUT2D eigenvalue weighted by Crippen LogP contribution is -2.18. The summed E-state index contributed by atoms with van der Waals surface area (Å²) in [6, 6.07) is 5.77. The Morgan fingerprint density at radius 2 is 2.24 bits per heavy atom. The highest BCUT2D eigenvalue weighted by Gasteiger charge is 2.17. The molecule has 0 amide bonds. The summed E-state index contributed by atoms with van der Waals surface area (Å²) in [5.41, 5.74) is 0.806. The minimum absolute atomic E-state index is 0.0735. The van der Waals surface area contributed by atoms with E-state index in [0.29, 0.717) is 11.3 Å². The Bertz CT molecular complexity index is 663. The van der Waals surface area contributed by atoms with Crippen molar-refractivity contribution in [2.75, 3.05) is 6.61 Å². The highest BCUT2D eigenvalue weighted by molar-refractivity contribution is 5.88. The third kappa shape index (κ3) is 2.80. The van der Waals surface area contributed by atoms with Crippen LogP contribution in [0.15, 0.2) is 30.5 Å². The van der Waals surface area contributed by atoms with Crippen molar-refractivity contribution in [1.29, 1.82) is 0 Å². The van der Waals surface area contributed by atoms with Crippen molar-refractivity contribution >= 4 is 5.97 Å². The van der Waals surface area contributed by atoms with Gasteiger partial charge in [-0.3, -0.25) is 0 Å². The van der Waals surface area contributed by atoms with Crippen LogP contribution < -0.4 is 0 Å². The molecule has 1 aromatic heterocycles. The highest BCUT2D eigenvalue weighted by Crippen LogP contribution is 2.25. The van der Waals surface area contributed by atoms with Gasteiger partial charge < -0.3 is 9.84 Å². The van der Waals surface area contributed by atoms with Gasteiger partial charge in [-0.2, -0.15) is 5.10 Å². The Hall–Kier alpha value is -2.21. The molecular weight excluding hydrogens is 275 g/mol. The van der Waals surface area contributed by atoms with Crippen LogP contribution in [0.5, 0.6) is 0 Å². The van der Waals surface area contributed by atoms with E-state index >= 15 is 0 Å². The average Bonchev–Trinajstić information content (AvgIpc) is 2.97. The van der Waals surface area contributed by atoms with Crippen molar-refractivity contribution in [2.24, 2.45) is 0 Å². The van der Waals surface area contributed by atoms with E-state index in [-0.39, 0.29) is 11.8 Å². The molecule has 1 aliphatic heterocycles. The molecule has 1 atom stereocenters. The van der Waals surface area contributed by atoms with Gasteiger partial charge in [0, 0.05) is 18.4 Å². The number of halogens is 1. The summed E-state index contributed by atoms with van der Waals surface area (Å²) in [4.78, 5) is 10.8. The predicted molar refractivity (Wildman–Crippen MR) is 73.4 cm³/mol. The maximum atomic E-state index is 13.7. The molecule has 2 heterocycles. The molecule has 1 aromatic carbocycles. The fourth-order valence-corrected chi connectivity index (χ4v) is 2.43. The molecule has 5 nitrogen and oxygen atoms in total. The first-order chi connectivity index (χ1) is 10.1. The van der Waals surface area contributed by atoms with Crippen molar-refractivity contribution in [3.05, 3.63) is 41.8 Å². The van der Waals surface area contributed by atoms with Crippen LogP contribution in [-0.4, -0.2) is 27.5 Å². The zero-order valence-corrected chi connectivity index (χ0v) is 11.3. The van der Waals surface area contributed by atoms with Crippen LogP contribution in [0.4, 0.5) is 4.39 Å². The van der Waals surface area contributed by atoms with Gasteiger partial charge in [0.2, 0.25) is 0 Å². The lowest BCUT2D eigenvalue weighted by atomic mass is 10.1. The monoisotopic (exact) mass is 290 g/mol. The molecular formula is C15H15FN2O3. The Kier molecular flexibility index (Phi) is 3.70. The Labute approximate surface area is 121 Å². The van der Waals surface area contributed by atoms with Crippen LogP contribution >= 0.6 is 0 Å². The molecule has 0 bridgehead atoms. The van der Waals surface area contributed by atoms with Crippen LogP contribution in [0, 0.1) is 5.82 Å². The summed E-state index contributed by atoms with van der Waals surface area (Å²) < 4.78 is 21.1. The number of nitrogens with zero attached hydrogens (tertiary/aromatic N) is 2. The molecule has 2 aromatic rings. The Morgan fingerprint density at radius 1 is 1.38 bits per heavy atom. The minimum Gasteiger partial charge on any atom is -0.478 e. The number of carbonyl (C=O) groups is 1. The van der Waals surface area contributed by atoms with Gasteiger partial charge in [0.1, 0.15) is 12.0 Å². The zero-order valence-electron chi connectivity index (χ0n) is 11.3. The summed E-state index contributed by atoms with van der Waals surface area (Å²) in [6.07, 6.45) is 4.80. The van der Waals surface area contributed by atoms with Crippen LogP contribution in [0.25, 0.3) is 11.3 Å². The minimum atomic E-state index is -1.28. The molecule has 21 heavy (non-hydrogen) atoms. The number of carboxylic acid groups (broad SMARTS) is 1. The molecule has 1 fully saturated rings. The molecule has 3 rings (SSSR count). The van der Waals surface area contributed by atoms with E-state index in [0.717, 1.165) is 25.9 Å². The summed E-state index contributed by atoms with van der Waals surface area (Å²) in [5, 5.41) is 13.2. The molecule has 0 saturated carbocycles. The Morgan fingerprint density at radius 3 is 2.90 bits per heavy atom. The van der Waals surface area contributed by atoms with Crippen LogP contribution in [0.3, 0.4) is 0 Å². The lowest BCUT2D eigenvalue weighted by molar-refractivity contribution is -0.0393. The van der Waals surface area contributed by atoms with Gasteiger partial charge in [-0.15, -0.1) is 0 Å². The number of aromatic nitrogens is 2. The molecule has 1 unspecified atom stereocenters. The summed E-state index contributed by atoms with van der Waals surface area (Å²) in [6.45, 7) is 0.724. The SMILES string of the molecule is O=C(O)c1ccc(-c2ccn(C3CCCCO3)n2)cc1F. The third-order valence-electron chi connectivity index (χ3n) is 3.55. The van der Waals surface area contributed by atoms with E-state index in [1.54, 1.807) is 23.0 Å². The van der Waals surface area contributed by atoms with E-state index in [1.165, 1.54) is 12.1 Å². The molecule has 0 radical (unpaired) electrons. The summed E-state index contributed by atoms with van der Waals surface area (Å²) in [7, 11) is 0. The maximum Gasteiger partial charge on any atom is 0.338 e. The largest absolute Gasteiger partial charge is 0.478 e. The molecule has 6 heteroatoms. The van der Waals surface area contributed by atoms with E-state index in [4.69, 9.17) is 9.84 Å². The maximum absolute atomic E-state index is 13.7. The number of rotatable bonds is 3. The number of ether oxygens (including phenoxy) is 1. The van der Waals surface area contributed by atoms with Crippen molar-refractivity contribution in [1.82, 2.24) is 9.78 Å². The van der Waals surface area contributed by atoms with Crippen molar-refractivity contribution in [2.45, 2.75) is 25.5 Å². The van der Waals surface area contributed by atoms with Gasteiger partial charge in [0.25, 0.3) is 0 Å². The third-order valence-corrected chi connectivity index (χ3v) is 3.55. The first-order valence-electron chi connectivity index (χ1n) is 6.85. The Balaban J connectivity index is 1.85. The zero-order chi connectivity index (χ0) is 14.8. The number of hydrogen-bond donors (Lipinski definition) is 1. The predicted octanol–water partition coefficient (Wildman–Crippen LogP) is 3.09. The van der Waals surface area contributed by atoms with Gasteiger partial charge in [-0.1, -0.05) is 6.07 Å². The van der Waals surface area contributed by atoms with Crippen molar-refractivity contribution in [3.63, 3.8) is 0 Å². The van der Waals surface area contributed by atoms with E-state index < -0.39 is 11.8 Å². The molecule has 110 valence electrons. The quantitative estimate of drug-likeness (QED) is 0.943. The van der Waals surface area contributed by atoms with Gasteiger partial charge in [-0.05, 0) is 37.5 Å². The fraction of sp³-hybridized carbons (Fsp3) is 0.333. The molecule has 0 spiro atoms. The molecule has 1 aliphatic rings. The molecule has 0 aliphatic carbocycles. The second kappa shape index (κ2) is 5.65. The summed E-state index contributed by atoms with van der Waals surface area (Å²) in [5.74, 6) is -2.04. The second-order valence-corrected chi connectivity index (χ2v) is 5.00. The van der Waals surface area contributed by atoms with Crippen LogP contribution in [-0.2, 0) is 4.74 Å². The van der Waals surface area contributed by atoms with Crippen LogP contribution in [0.2, 0.25) is 0 Å². The summed E-state index contributed by atoms with van der Waals surface area (Å²) >= 11 is 0. The normalized spacial score (nSPS) is 18.6. The molecule has 1 N–H and O–H groups in total. The fourth-order valence-electron chi connectivity index (χ4n) is 2.43. The highest BCUT2D eigenvalue weighted by atomic mass is 19.1. The number of carboxylic acids is 1. The van der Waals surface area contributed by atoms with E-state index in [1.807, 2.05) is 0 Å². The smallest absolute Gasteiger partial charge is 0.338 e. The van der Waals surface area contributed by atoms with E-state index in [9.17, 15) is 9.18 Å². The number of hydrogen-bond acceptors (Lipinski definition) is 3. The van der Waals surface area contributed by atoms with Gasteiger partial charge in [-0.25, -0.2) is 13.9 Å². The number of benzene rings is 1. The molecule has 1 saturated heterocycles. The van der Waals surface area contributed by atoms with Crippen LogP contribution in [0.1, 0.15) is 35.8 Å². The van der Waals surface area contributed by atoms with Crippen molar-refractivity contribution in [3.8, 4) is 11.3 Å². The van der Waals surface area contributed by atoms with Gasteiger partial charge in [0.05, 0.1) is 11.3 Å². The first-order valence-corrected chi connectivity index (χ1v) is 6.85. The lowest BCUT2D eigenvalue weighted by Gasteiger charge is -2.22. The first kappa shape index (κ1) is 13.8. The average molecular weight is 290 g/mol. The van der Waals surface area contributed by atoms with E-state index in [2.05, 4.69) is 5.10 Å². The topological polar surface area (TPSA) is 64.3 Å². The number of aromatic carboxylic acids is 1. The second-order valence-electron chi connectivity index (χ2n) is 5.00.